The first kappa shape index (κ1) is 29.9. The van der Waals surface area contributed by atoms with Crippen molar-refractivity contribution in [2.24, 2.45) is 0 Å². The van der Waals surface area contributed by atoms with E-state index >= 15 is 0 Å². The van der Waals surface area contributed by atoms with Gasteiger partial charge in [-0.15, -0.1) is 0 Å². The van der Waals surface area contributed by atoms with Gasteiger partial charge in [0, 0.05) is 23.7 Å². The van der Waals surface area contributed by atoms with E-state index in [4.69, 9.17) is 9.47 Å². The maximum absolute atomic E-state index is 14.0. The van der Waals surface area contributed by atoms with E-state index in [9.17, 15) is 9.59 Å². The molecule has 0 saturated heterocycles. The molecule has 0 spiro atoms. The van der Waals surface area contributed by atoms with Crippen molar-refractivity contribution >= 4 is 42.1 Å². The van der Waals surface area contributed by atoms with Crippen molar-refractivity contribution in [3.05, 3.63) is 42.2 Å². The third-order valence-electron chi connectivity index (χ3n) is 7.73. The van der Waals surface area contributed by atoms with Crippen LogP contribution in [-0.2, 0) is 15.5 Å². The van der Waals surface area contributed by atoms with Crippen molar-refractivity contribution < 1.29 is 23.6 Å². The van der Waals surface area contributed by atoms with Gasteiger partial charge in [-0.25, -0.2) is 9.36 Å². The average Bonchev–Trinajstić information content (AvgIpc) is 3.19. The molecule has 0 atom stereocenters. The Kier molecular flexibility index (Phi) is 8.24. The molecule has 2 aromatic heterocycles. The molecule has 0 radical (unpaired) electrons. The van der Waals surface area contributed by atoms with Crippen LogP contribution in [0.5, 0.6) is 0 Å². The maximum Gasteiger partial charge on any atom is 0.603 e. The highest BCUT2D eigenvalue weighted by Crippen LogP contribution is 2.44. The number of nitrogens with zero attached hydrogens (tertiary/aromatic N) is 2. The van der Waals surface area contributed by atoms with Gasteiger partial charge in [-0.1, -0.05) is 74.9 Å². The first-order valence-corrected chi connectivity index (χ1v) is 16.3. The van der Waals surface area contributed by atoms with E-state index in [1.54, 1.807) is 15.3 Å². The summed E-state index contributed by atoms with van der Waals surface area (Å²) in [5.74, 6) is 0. The lowest BCUT2D eigenvalue weighted by Crippen LogP contribution is -2.55. The van der Waals surface area contributed by atoms with Crippen LogP contribution in [0.3, 0.4) is 0 Å². The number of aromatic nitrogens is 2. The van der Waals surface area contributed by atoms with Crippen LogP contribution in [-0.4, -0.2) is 36.0 Å². The predicted octanol–water partition coefficient (Wildman–Crippen LogP) is 8.41. The molecule has 38 heavy (non-hydrogen) atoms. The van der Waals surface area contributed by atoms with Gasteiger partial charge in [-0.3, -0.25) is 0 Å². The van der Waals surface area contributed by atoms with Crippen molar-refractivity contribution in [3.8, 4) is 0 Å². The summed E-state index contributed by atoms with van der Waals surface area (Å²) in [6.45, 7) is 25.1. The zero-order valence-electron chi connectivity index (χ0n) is 25.4. The van der Waals surface area contributed by atoms with E-state index in [1.165, 1.54) is 0 Å². The van der Waals surface area contributed by atoms with Gasteiger partial charge in [-0.2, -0.15) is 4.79 Å². The van der Waals surface area contributed by atoms with E-state index in [0.29, 0.717) is 16.6 Å². The topological polar surface area (TPSA) is 61.4 Å². The average molecular weight is 540 g/mol. The smallest absolute Gasteiger partial charge is 0.443 e. The second-order valence-corrected chi connectivity index (χ2v) is 19.5. The molecule has 3 rings (SSSR count). The lowest BCUT2D eigenvalue weighted by atomic mass is 10.1. The standard InChI is InChI=1S/C31H47N2O4Si/c1-20(2)38(21(3)4,22(5)6)19-26-27-24(17-18-32(27)28(34)36-30(7,8)9)23-15-13-14-16-25(23)33(26)29(35)37-31(10,11)12/h13-18,20-22H,19H2,1-12H3/q+1. The number of ether oxygens (including phenoxy) is 2. The molecule has 6 nitrogen and oxygen atoms in total. The number of carbonyl (C=O) groups is 2. The number of hydrogen-bond acceptors (Lipinski definition) is 4. The molecule has 7 heteroatoms. The third kappa shape index (κ3) is 5.68. The molecule has 3 aromatic rings. The molecule has 0 unspecified atom stereocenters. The van der Waals surface area contributed by atoms with Gasteiger partial charge in [0.05, 0.1) is 13.5 Å². The molecular formula is C31H47N2O4Si+. The maximum atomic E-state index is 14.0. The zero-order valence-corrected chi connectivity index (χ0v) is 26.4. The second kappa shape index (κ2) is 10.5. The molecule has 1 aromatic carbocycles. The van der Waals surface area contributed by atoms with Crippen LogP contribution in [0.25, 0.3) is 21.8 Å². The normalized spacial score (nSPS) is 13.2. The molecule has 0 saturated carbocycles. The van der Waals surface area contributed by atoms with E-state index in [0.717, 1.165) is 33.5 Å². The minimum absolute atomic E-state index is 0.429. The van der Waals surface area contributed by atoms with Gasteiger partial charge in [-0.05, 0) is 53.7 Å². The first-order chi connectivity index (χ1) is 17.4. The summed E-state index contributed by atoms with van der Waals surface area (Å²) in [6, 6.07) is 10.6. The van der Waals surface area contributed by atoms with Crippen LogP contribution in [0, 0.1) is 0 Å². The number of fused-ring (bicyclic) bond motifs is 3. The van der Waals surface area contributed by atoms with Crippen LogP contribution in [0.15, 0.2) is 36.5 Å². The molecule has 0 aliphatic rings. The van der Waals surface area contributed by atoms with Crippen molar-refractivity contribution in [1.82, 2.24) is 4.57 Å². The molecule has 0 fully saturated rings. The van der Waals surface area contributed by atoms with Crippen LogP contribution >= 0.6 is 0 Å². The summed E-state index contributed by atoms with van der Waals surface area (Å²) >= 11 is 0. The lowest BCUT2D eigenvalue weighted by Gasteiger charge is -2.42. The fourth-order valence-electron chi connectivity index (χ4n) is 6.14. The number of benzene rings is 1. The van der Waals surface area contributed by atoms with E-state index in [2.05, 4.69) is 41.5 Å². The Morgan fingerprint density at radius 2 is 1.34 bits per heavy atom. The van der Waals surface area contributed by atoms with Gasteiger partial charge < -0.3 is 9.47 Å². The Bertz CT molecular complexity index is 1320. The highest BCUT2D eigenvalue weighted by atomic mass is 28.3. The Balaban J connectivity index is 2.53. The van der Waals surface area contributed by atoms with Crippen LogP contribution in [0.1, 0.15) is 88.8 Å². The summed E-state index contributed by atoms with van der Waals surface area (Å²) in [7, 11) is -2.08. The zero-order chi connectivity index (χ0) is 28.8. The van der Waals surface area contributed by atoms with Crippen LogP contribution in [0.4, 0.5) is 9.59 Å². The highest BCUT2D eigenvalue weighted by molar-refractivity contribution is 6.83. The predicted molar refractivity (Wildman–Crippen MR) is 158 cm³/mol. The number of carbonyl (C=O) groups excluding carboxylic acids is 2. The molecule has 2 heterocycles. The Morgan fingerprint density at radius 3 is 1.84 bits per heavy atom. The number of rotatable bonds is 5. The van der Waals surface area contributed by atoms with Gasteiger partial charge >= 0.3 is 12.2 Å². The monoisotopic (exact) mass is 539 g/mol. The van der Waals surface area contributed by atoms with Gasteiger partial charge in [0.1, 0.15) is 16.7 Å². The van der Waals surface area contributed by atoms with Crippen LogP contribution in [0.2, 0.25) is 16.6 Å². The number of hydrogen-bond donors (Lipinski definition) is 0. The fourth-order valence-corrected chi connectivity index (χ4v) is 12.3. The summed E-state index contributed by atoms with van der Waals surface area (Å²) in [5.41, 5.74) is 2.38. The molecule has 0 bridgehead atoms. The molecule has 0 amide bonds. The van der Waals surface area contributed by atoms with Crippen molar-refractivity contribution in [1.29, 1.82) is 0 Å². The van der Waals surface area contributed by atoms with Gasteiger partial charge in [0.25, 0.3) is 0 Å². The van der Waals surface area contributed by atoms with Crippen molar-refractivity contribution in [2.45, 2.75) is 117 Å². The van der Waals surface area contributed by atoms with Gasteiger partial charge in [0.2, 0.25) is 11.2 Å². The largest absolute Gasteiger partial charge is 0.603 e. The molecule has 0 aliphatic heterocycles. The van der Waals surface area contributed by atoms with Crippen molar-refractivity contribution in [3.63, 3.8) is 0 Å². The Hall–Kier alpha value is -2.67. The molecule has 208 valence electrons. The molecule has 0 aliphatic carbocycles. The third-order valence-corrected chi connectivity index (χ3v) is 15.1. The fraction of sp³-hybridized carbons (Fsp3) is 0.581. The molecule has 0 N–H and O–H groups in total. The summed E-state index contributed by atoms with van der Waals surface area (Å²) in [5, 5.41) is 1.82. The SMILES string of the molecule is CC(C)[Si](Cc1c2c(ccn2C(=O)OC(C)(C)C)c2ccccc2[n+]1C(=O)OC(C)(C)C)(C(C)C)C(C)C. The minimum atomic E-state index is -2.08. The summed E-state index contributed by atoms with van der Waals surface area (Å²) < 4.78 is 15.1. The highest BCUT2D eigenvalue weighted by Gasteiger charge is 2.47. The number of pyridine rings is 1. The lowest BCUT2D eigenvalue weighted by molar-refractivity contribution is -0.567. The minimum Gasteiger partial charge on any atom is -0.443 e. The van der Waals surface area contributed by atoms with Crippen LogP contribution < -0.4 is 4.57 Å². The number of para-hydroxylation sites is 1. The van der Waals surface area contributed by atoms with Gasteiger partial charge in [0.15, 0.2) is 0 Å². The Morgan fingerprint density at radius 1 is 0.816 bits per heavy atom. The van der Waals surface area contributed by atoms with E-state index in [1.807, 2.05) is 71.9 Å². The molecular weight excluding hydrogens is 492 g/mol. The Labute approximate surface area is 229 Å². The first-order valence-electron chi connectivity index (χ1n) is 13.8. The van der Waals surface area contributed by atoms with Crippen molar-refractivity contribution in [2.75, 3.05) is 0 Å². The second-order valence-electron chi connectivity index (χ2n) is 13.5. The summed E-state index contributed by atoms with van der Waals surface area (Å²) in [6.07, 6.45) is 0.893. The van der Waals surface area contributed by atoms with E-state index < -0.39 is 31.5 Å². The van der Waals surface area contributed by atoms with E-state index in [-0.39, 0.29) is 0 Å². The summed E-state index contributed by atoms with van der Waals surface area (Å²) in [4.78, 5) is 27.5. The quantitative estimate of drug-likeness (QED) is 0.241.